The van der Waals surface area contributed by atoms with E-state index in [9.17, 15) is 0 Å². The van der Waals surface area contributed by atoms with Crippen molar-refractivity contribution in [2.75, 3.05) is 19.6 Å². The molecule has 0 bridgehead atoms. The van der Waals surface area contributed by atoms with Crippen LogP contribution in [-0.4, -0.2) is 19.6 Å². The SMILES string of the molecule is CCCNCCCNCc1ccc(Cl)c(C)c1. The molecule has 0 fully saturated rings. The molecule has 0 spiro atoms. The molecular weight excluding hydrogens is 232 g/mol. The number of hydrogen-bond donors (Lipinski definition) is 2. The summed E-state index contributed by atoms with van der Waals surface area (Å²) in [5, 5.41) is 7.68. The zero-order valence-electron chi connectivity index (χ0n) is 10.9. The normalized spacial score (nSPS) is 10.8. The zero-order chi connectivity index (χ0) is 12.5. The summed E-state index contributed by atoms with van der Waals surface area (Å²) in [6, 6.07) is 6.19. The lowest BCUT2D eigenvalue weighted by Gasteiger charge is -2.07. The Morgan fingerprint density at radius 2 is 1.88 bits per heavy atom. The minimum atomic E-state index is 0.845. The standard InChI is InChI=1S/C14H23ClN2/c1-3-7-16-8-4-9-17-11-13-5-6-14(15)12(2)10-13/h5-6,10,16-17H,3-4,7-9,11H2,1-2H3. The number of hydrogen-bond acceptors (Lipinski definition) is 2. The number of benzene rings is 1. The van der Waals surface area contributed by atoms with Gasteiger partial charge in [-0.2, -0.15) is 0 Å². The number of aryl methyl sites for hydroxylation is 1. The average Bonchev–Trinajstić information content (AvgIpc) is 2.32. The number of nitrogens with one attached hydrogen (secondary N) is 2. The second-order valence-electron chi connectivity index (χ2n) is 4.36. The van der Waals surface area contributed by atoms with Crippen LogP contribution in [-0.2, 0) is 6.54 Å². The van der Waals surface area contributed by atoms with E-state index in [-0.39, 0.29) is 0 Å². The van der Waals surface area contributed by atoms with Gasteiger partial charge in [0.05, 0.1) is 0 Å². The van der Waals surface area contributed by atoms with Crippen molar-refractivity contribution in [3.05, 3.63) is 34.3 Å². The molecule has 1 aromatic carbocycles. The molecule has 2 nitrogen and oxygen atoms in total. The van der Waals surface area contributed by atoms with E-state index < -0.39 is 0 Å². The van der Waals surface area contributed by atoms with Crippen LogP contribution in [0.5, 0.6) is 0 Å². The maximum absolute atomic E-state index is 5.98. The van der Waals surface area contributed by atoms with Crippen LogP contribution < -0.4 is 10.6 Å². The maximum atomic E-state index is 5.98. The van der Waals surface area contributed by atoms with Gasteiger partial charge in [-0.3, -0.25) is 0 Å². The van der Waals surface area contributed by atoms with Crippen molar-refractivity contribution in [1.29, 1.82) is 0 Å². The molecular formula is C14H23ClN2. The van der Waals surface area contributed by atoms with Crippen LogP contribution in [0.2, 0.25) is 5.02 Å². The van der Waals surface area contributed by atoms with E-state index >= 15 is 0 Å². The second kappa shape index (κ2) is 8.51. The molecule has 0 saturated carbocycles. The fourth-order valence-electron chi connectivity index (χ4n) is 1.69. The van der Waals surface area contributed by atoms with Crippen molar-refractivity contribution in [3.63, 3.8) is 0 Å². The van der Waals surface area contributed by atoms with E-state index in [0.717, 1.165) is 36.8 Å². The zero-order valence-corrected chi connectivity index (χ0v) is 11.6. The van der Waals surface area contributed by atoms with Gasteiger partial charge in [0.15, 0.2) is 0 Å². The van der Waals surface area contributed by atoms with E-state index in [4.69, 9.17) is 11.6 Å². The Bertz CT molecular complexity index is 326. The van der Waals surface area contributed by atoms with Crippen LogP contribution in [0.15, 0.2) is 18.2 Å². The third-order valence-electron chi connectivity index (χ3n) is 2.69. The van der Waals surface area contributed by atoms with Crippen LogP contribution in [0, 0.1) is 6.92 Å². The van der Waals surface area contributed by atoms with Gasteiger partial charge in [-0.25, -0.2) is 0 Å². The molecule has 96 valence electrons. The molecule has 1 aromatic rings. The molecule has 0 radical (unpaired) electrons. The average molecular weight is 255 g/mol. The van der Waals surface area contributed by atoms with E-state index in [0.29, 0.717) is 0 Å². The molecule has 0 aromatic heterocycles. The Hall–Kier alpha value is -0.570. The lowest BCUT2D eigenvalue weighted by Crippen LogP contribution is -2.22. The van der Waals surface area contributed by atoms with Crippen molar-refractivity contribution in [2.45, 2.75) is 33.2 Å². The molecule has 3 heteroatoms. The van der Waals surface area contributed by atoms with E-state index in [1.54, 1.807) is 0 Å². The van der Waals surface area contributed by atoms with Crippen molar-refractivity contribution in [1.82, 2.24) is 10.6 Å². The molecule has 0 aliphatic rings. The number of halogens is 1. The first-order valence-corrected chi connectivity index (χ1v) is 6.78. The maximum Gasteiger partial charge on any atom is 0.0435 e. The minimum Gasteiger partial charge on any atom is -0.317 e. The molecule has 17 heavy (non-hydrogen) atoms. The lowest BCUT2D eigenvalue weighted by molar-refractivity contribution is 0.592. The van der Waals surface area contributed by atoms with Crippen molar-refractivity contribution in [2.24, 2.45) is 0 Å². The molecule has 0 saturated heterocycles. The van der Waals surface area contributed by atoms with E-state index in [1.165, 1.54) is 18.4 Å². The summed E-state index contributed by atoms with van der Waals surface area (Å²) in [5.74, 6) is 0. The Balaban J connectivity index is 2.11. The van der Waals surface area contributed by atoms with Crippen molar-refractivity contribution < 1.29 is 0 Å². The monoisotopic (exact) mass is 254 g/mol. The van der Waals surface area contributed by atoms with Crippen molar-refractivity contribution in [3.8, 4) is 0 Å². The van der Waals surface area contributed by atoms with Crippen LogP contribution in [0.25, 0.3) is 0 Å². The van der Waals surface area contributed by atoms with Gasteiger partial charge in [-0.15, -0.1) is 0 Å². The van der Waals surface area contributed by atoms with Crippen LogP contribution in [0.1, 0.15) is 30.9 Å². The van der Waals surface area contributed by atoms with Gasteiger partial charge in [0.1, 0.15) is 0 Å². The predicted octanol–water partition coefficient (Wildman–Crippen LogP) is 3.13. The Morgan fingerprint density at radius 1 is 1.12 bits per heavy atom. The molecule has 0 atom stereocenters. The second-order valence-corrected chi connectivity index (χ2v) is 4.77. The van der Waals surface area contributed by atoms with E-state index in [2.05, 4.69) is 29.7 Å². The van der Waals surface area contributed by atoms with Gasteiger partial charge in [0, 0.05) is 11.6 Å². The largest absolute Gasteiger partial charge is 0.317 e. The molecule has 1 rings (SSSR count). The third kappa shape index (κ3) is 6.06. The van der Waals surface area contributed by atoms with Gasteiger partial charge in [-0.05, 0) is 56.6 Å². The fraction of sp³-hybridized carbons (Fsp3) is 0.571. The van der Waals surface area contributed by atoms with E-state index in [1.807, 2.05) is 13.0 Å². The summed E-state index contributed by atoms with van der Waals surface area (Å²) in [5.41, 5.74) is 2.45. The molecule has 0 unspecified atom stereocenters. The molecule has 0 amide bonds. The van der Waals surface area contributed by atoms with Gasteiger partial charge < -0.3 is 10.6 Å². The van der Waals surface area contributed by atoms with Gasteiger partial charge in [0.25, 0.3) is 0 Å². The first-order valence-electron chi connectivity index (χ1n) is 6.40. The summed E-state index contributed by atoms with van der Waals surface area (Å²) in [4.78, 5) is 0. The topological polar surface area (TPSA) is 24.1 Å². The molecule has 0 aliphatic heterocycles. The summed E-state index contributed by atoms with van der Waals surface area (Å²) < 4.78 is 0. The third-order valence-corrected chi connectivity index (χ3v) is 3.11. The van der Waals surface area contributed by atoms with Crippen LogP contribution >= 0.6 is 11.6 Å². The summed E-state index contributed by atoms with van der Waals surface area (Å²) in [7, 11) is 0. The fourth-order valence-corrected chi connectivity index (χ4v) is 1.81. The summed E-state index contributed by atoms with van der Waals surface area (Å²) >= 11 is 5.98. The highest BCUT2D eigenvalue weighted by atomic mass is 35.5. The summed E-state index contributed by atoms with van der Waals surface area (Å²) in [6.07, 6.45) is 2.38. The minimum absolute atomic E-state index is 0.845. The Labute approximate surface area is 110 Å². The van der Waals surface area contributed by atoms with Gasteiger partial charge in [-0.1, -0.05) is 30.7 Å². The smallest absolute Gasteiger partial charge is 0.0435 e. The van der Waals surface area contributed by atoms with Crippen molar-refractivity contribution >= 4 is 11.6 Å². The van der Waals surface area contributed by atoms with Gasteiger partial charge in [0.2, 0.25) is 0 Å². The Kier molecular flexibility index (Phi) is 7.25. The molecule has 0 heterocycles. The first kappa shape index (κ1) is 14.5. The van der Waals surface area contributed by atoms with Crippen LogP contribution in [0.3, 0.4) is 0 Å². The first-order chi connectivity index (χ1) is 8.24. The van der Waals surface area contributed by atoms with Crippen LogP contribution in [0.4, 0.5) is 0 Å². The summed E-state index contributed by atoms with van der Waals surface area (Å²) in [6.45, 7) is 8.43. The Morgan fingerprint density at radius 3 is 2.59 bits per heavy atom. The highest BCUT2D eigenvalue weighted by Gasteiger charge is 1.97. The highest BCUT2D eigenvalue weighted by Crippen LogP contribution is 2.15. The molecule has 0 aliphatic carbocycles. The highest BCUT2D eigenvalue weighted by molar-refractivity contribution is 6.31. The number of rotatable bonds is 8. The lowest BCUT2D eigenvalue weighted by atomic mass is 10.1. The van der Waals surface area contributed by atoms with Gasteiger partial charge >= 0.3 is 0 Å². The molecule has 2 N–H and O–H groups in total. The quantitative estimate of drug-likeness (QED) is 0.697. The predicted molar refractivity (Wildman–Crippen MR) is 75.7 cm³/mol.